The smallest absolute Gasteiger partial charge is 0.253 e. The molecule has 3 rings (SSSR count). The number of hydrogen-bond donors (Lipinski definition) is 1. The zero-order valence-corrected chi connectivity index (χ0v) is 15.9. The molecule has 6 nitrogen and oxygen atoms in total. The van der Waals surface area contributed by atoms with E-state index in [1.54, 1.807) is 12.5 Å². The summed E-state index contributed by atoms with van der Waals surface area (Å²) in [5.41, 5.74) is 1.80. The molecule has 1 atom stereocenters. The van der Waals surface area contributed by atoms with Crippen LogP contribution in [-0.2, 0) is 11.3 Å². The average molecular weight is 368 g/mol. The Labute approximate surface area is 160 Å². The van der Waals surface area contributed by atoms with Gasteiger partial charge < -0.3 is 14.8 Å². The maximum absolute atomic E-state index is 12.8. The van der Waals surface area contributed by atoms with E-state index in [-0.39, 0.29) is 17.7 Å². The van der Waals surface area contributed by atoms with Gasteiger partial charge in [0.2, 0.25) is 5.91 Å². The summed E-state index contributed by atoms with van der Waals surface area (Å²) in [5, 5.41) is 3.00. The van der Waals surface area contributed by atoms with E-state index in [0.717, 1.165) is 44.3 Å². The molecule has 2 aromatic rings. The fraction of sp³-hybridized carbons (Fsp3) is 0.476. The van der Waals surface area contributed by atoms with Crippen LogP contribution in [0.4, 0.5) is 0 Å². The maximum atomic E-state index is 12.8. The first-order valence-electron chi connectivity index (χ1n) is 9.79. The molecule has 0 bridgehead atoms. The number of unbranched alkanes of at least 4 members (excludes halogenated alkanes) is 1. The molecule has 1 saturated heterocycles. The minimum Gasteiger partial charge on any atom is -0.356 e. The van der Waals surface area contributed by atoms with E-state index in [0.29, 0.717) is 18.7 Å². The van der Waals surface area contributed by atoms with Gasteiger partial charge in [0.15, 0.2) is 0 Å². The zero-order valence-electron chi connectivity index (χ0n) is 15.9. The second-order valence-corrected chi connectivity index (χ2v) is 7.17. The van der Waals surface area contributed by atoms with Gasteiger partial charge in [-0.05, 0) is 37.0 Å². The first-order valence-corrected chi connectivity index (χ1v) is 9.79. The molecule has 1 unspecified atom stereocenters. The number of rotatable bonds is 7. The third-order valence-electron chi connectivity index (χ3n) is 5.03. The predicted molar refractivity (Wildman–Crippen MR) is 104 cm³/mol. The van der Waals surface area contributed by atoms with E-state index in [1.807, 2.05) is 39.9 Å². The molecule has 0 aliphatic carbocycles. The number of carbonyl (C=O) groups is 2. The van der Waals surface area contributed by atoms with Gasteiger partial charge in [0.25, 0.3) is 5.91 Å². The molecule has 1 aromatic heterocycles. The highest BCUT2D eigenvalue weighted by molar-refractivity contribution is 5.94. The third kappa shape index (κ3) is 5.18. The van der Waals surface area contributed by atoms with Gasteiger partial charge in [0, 0.05) is 44.1 Å². The number of hydrogen-bond acceptors (Lipinski definition) is 3. The molecule has 1 N–H and O–H groups in total. The number of imidazole rings is 1. The van der Waals surface area contributed by atoms with E-state index < -0.39 is 0 Å². The fourth-order valence-corrected chi connectivity index (χ4v) is 3.43. The second kappa shape index (κ2) is 9.35. The highest BCUT2D eigenvalue weighted by atomic mass is 16.2. The Balaban J connectivity index is 1.57. The van der Waals surface area contributed by atoms with Crippen LogP contribution in [0.15, 0.2) is 43.0 Å². The van der Waals surface area contributed by atoms with Gasteiger partial charge in [-0.25, -0.2) is 4.98 Å². The highest BCUT2D eigenvalue weighted by Crippen LogP contribution is 2.19. The lowest BCUT2D eigenvalue weighted by Crippen LogP contribution is -2.45. The molecule has 144 valence electrons. The van der Waals surface area contributed by atoms with Crippen molar-refractivity contribution in [1.29, 1.82) is 0 Å². The van der Waals surface area contributed by atoms with Crippen molar-refractivity contribution < 1.29 is 9.59 Å². The zero-order chi connectivity index (χ0) is 19.1. The summed E-state index contributed by atoms with van der Waals surface area (Å²) >= 11 is 0. The maximum Gasteiger partial charge on any atom is 0.253 e. The highest BCUT2D eigenvalue weighted by Gasteiger charge is 2.28. The lowest BCUT2D eigenvalue weighted by atomic mass is 9.96. The van der Waals surface area contributed by atoms with Crippen molar-refractivity contribution in [3.63, 3.8) is 0 Å². The van der Waals surface area contributed by atoms with Crippen LogP contribution in [0.1, 0.15) is 48.5 Å². The molecule has 0 saturated carbocycles. The molecule has 1 aliphatic heterocycles. The minimum atomic E-state index is -0.0972. The van der Waals surface area contributed by atoms with Gasteiger partial charge in [0.1, 0.15) is 0 Å². The second-order valence-electron chi connectivity index (χ2n) is 7.17. The Kier molecular flexibility index (Phi) is 6.63. The van der Waals surface area contributed by atoms with Crippen molar-refractivity contribution in [2.24, 2.45) is 5.92 Å². The monoisotopic (exact) mass is 368 g/mol. The topological polar surface area (TPSA) is 67.2 Å². The fourth-order valence-electron chi connectivity index (χ4n) is 3.43. The lowest BCUT2D eigenvalue weighted by molar-refractivity contribution is -0.126. The predicted octanol–water partition coefficient (Wildman–Crippen LogP) is 2.70. The number of carbonyl (C=O) groups excluding carboxylic acids is 2. The van der Waals surface area contributed by atoms with E-state index >= 15 is 0 Å². The molecule has 1 aromatic carbocycles. The number of nitrogens with zero attached hydrogens (tertiary/aromatic N) is 3. The van der Waals surface area contributed by atoms with Crippen LogP contribution in [0.25, 0.3) is 0 Å². The summed E-state index contributed by atoms with van der Waals surface area (Å²) in [6.45, 7) is 4.78. The molecule has 1 aliphatic rings. The normalized spacial score (nSPS) is 16.9. The SMILES string of the molecule is CCCCNC(=O)C1CCCN(C(=O)c2ccc(Cn3ccnc3)cc2)C1. The molecule has 2 heterocycles. The number of likely N-dealkylation sites (tertiary alicyclic amines) is 1. The molecule has 1 fully saturated rings. The summed E-state index contributed by atoms with van der Waals surface area (Å²) in [7, 11) is 0. The van der Waals surface area contributed by atoms with Crippen LogP contribution in [0.3, 0.4) is 0 Å². The molecular formula is C21H28N4O2. The van der Waals surface area contributed by atoms with Gasteiger partial charge in [-0.1, -0.05) is 25.5 Å². The minimum absolute atomic E-state index is 0.00948. The van der Waals surface area contributed by atoms with Crippen LogP contribution < -0.4 is 5.32 Å². The quantitative estimate of drug-likeness (QED) is 0.764. The molecule has 27 heavy (non-hydrogen) atoms. The van der Waals surface area contributed by atoms with Crippen molar-refractivity contribution in [3.8, 4) is 0 Å². The first-order chi connectivity index (χ1) is 13.2. The number of benzene rings is 1. The standard InChI is InChI=1S/C21H28N4O2/c1-2-3-10-23-20(26)19-5-4-12-25(15-19)21(27)18-8-6-17(7-9-18)14-24-13-11-22-16-24/h6-9,11,13,16,19H,2-5,10,12,14-15H2,1H3,(H,23,26). The van der Waals surface area contributed by atoms with Crippen LogP contribution in [-0.4, -0.2) is 45.9 Å². The Morgan fingerprint density at radius 1 is 1.26 bits per heavy atom. The van der Waals surface area contributed by atoms with Crippen molar-refractivity contribution >= 4 is 11.8 Å². The Hall–Kier alpha value is -2.63. The number of nitrogens with one attached hydrogen (secondary N) is 1. The summed E-state index contributed by atoms with van der Waals surface area (Å²) in [4.78, 5) is 31.0. The van der Waals surface area contributed by atoms with Crippen LogP contribution >= 0.6 is 0 Å². The van der Waals surface area contributed by atoms with Gasteiger partial charge in [0.05, 0.1) is 12.2 Å². The van der Waals surface area contributed by atoms with Crippen molar-refractivity contribution in [2.75, 3.05) is 19.6 Å². The van der Waals surface area contributed by atoms with E-state index in [2.05, 4.69) is 17.2 Å². The van der Waals surface area contributed by atoms with E-state index in [4.69, 9.17) is 0 Å². The first kappa shape index (κ1) is 19.1. The Bertz CT molecular complexity index is 740. The van der Waals surface area contributed by atoms with E-state index in [1.165, 1.54) is 0 Å². The number of amides is 2. The Morgan fingerprint density at radius 2 is 2.07 bits per heavy atom. The Morgan fingerprint density at radius 3 is 2.78 bits per heavy atom. The number of piperidine rings is 1. The summed E-state index contributed by atoms with van der Waals surface area (Å²) in [5.74, 6) is -0.00746. The van der Waals surface area contributed by atoms with E-state index in [9.17, 15) is 9.59 Å². The van der Waals surface area contributed by atoms with Crippen LogP contribution in [0.5, 0.6) is 0 Å². The summed E-state index contributed by atoms with van der Waals surface area (Å²) < 4.78 is 1.99. The molecule has 6 heteroatoms. The molecular weight excluding hydrogens is 340 g/mol. The van der Waals surface area contributed by atoms with Crippen molar-refractivity contribution in [3.05, 3.63) is 54.1 Å². The van der Waals surface area contributed by atoms with Crippen molar-refractivity contribution in [1.82, 2.24) is 19.8 Å². The van der Waals surface area contributed by atoms with Crippen LogP contribution in [0.2, 0.25) is 0 Å². The largest absolute Gasteiger partial charge is 0.356 e. The van der Waals surface area contributed by atoms with Gasteiger partial charge in [-0.3, -0.25) is 9.59 Å². The van der Waals surface area contributed by atoms with Gasteiger partial charge in [-0.2, -0.15) is 0 Å². The van der Waals surface area contributed by atoms with Gasteiger partial charge >= 0.3 is 0 Å². The summed E-state index contributed by atoms with van der Waals surface area (Å²) in [6, 6.07) is 7.71. The third-order valence-corrected chi connectivity index (χ3v) is 5.03. The molecule has 2 amide bonds. The molecule has 0 spiro atoms. The lowest BCUT2D eigenvalue weighted by Gasteiger charge is -2.32. The number of aromatic nitrogens is 2. The molecule has 0 radical (unpaired) electrons. The van der Waals surface area contributed by atoms with Crippen molar-refractivity contribution in [2.45, 2.75) is 39.2 Å². The summed E-state index contributed by atoms with van der Waals surface area (Å²) in [6.07, 6.45) is 9.22. The average Bonchev–Trinajstić information content (AvgIpc) is 3.21. The van der Waals surface area contributed by atoms with Crippen LogP contribution in [0, 0.1) is 5.92 Å². The van der Waals surface area contributed by atoms with Gasteiger partial charge in [-0.15, -0.1) is 0 Å².